The standard InChI is InChI=1S/C13H24N4O/c1-4-14-11(3)10(2)12-15-13(16-18-12)17-8-6-5-7-9-17/h10-11,14H,4-9H2,1-3H3. The van der Waals surface area contributed by atoms with Gasteiger partial charge in [-0.3, -0.25) is 0 Å². The molecule has 2 rings (SSSR count). The molecule has 0 aromatic carbocycles. The smallest absolute Gasteiger partial charge is 0.266 e. The fraction of sp³-hybridized carbons (Fsp3) is 0.846. The van der Waals surface area contributed by atoms with Crippen molar-refractivity contribution in [2.24, 2.45) is 0 Å². The molecule has 0 aliphatic carbocycles. The Morgan fingerprint density at radius 1 is 1.28 bits per heavy atom. The van der Waals surface area contributed by atoms with Crippen LogP contribution in [0.4, 0.5) is 5.95 Å². The third-order valence-corrected chi connectivity index (χ3v) is 3.74. The number of piperidine rings is 1. The van der Waals surface area contributed by atoms with E-state index in [-0.39, 0.29) is 5.92 Å². The van der Waals surface area contributed by atoms with Gasteiger partial charge in [0.25, 0.3) is 5.95 Å². The fourth-order valence-electron chi connectivity index (χ4n) is 2.35. The lowest BCUT2D eigenvalue weighted by molar-refractivity contribution is 0.331. The first-order valence-corrected chi connectivity index (χ1v) is 7.04. The van der Waals surface area contributed by atoms with Crippen LogP contribution >= 0.6 is 0 Å². The molecule has 5 heteroatoms. The van der Waals surface area contributed by atoms with Gasteiger partial charge >= 0.3 is 0 Å². The summed E-state index contributed by atoms with van der Waals surface area (Å²) in [7, 11) is 0. The van der Waals surface area contributed by atoms with E-state index in [0.717, 1.165) is 31.5 Å². The maximum Gasteiger partial charge on any atom is 0.266 e. The van der Waals surface area contributed by atoms with Gasteiger partial charge in [0.15, 0.2) is 0 Å². The van der Waals surface area contributed by atoms with Crippen LogP contribution in [0.5, 0.6) is 0 Å². The summed E-state index contributed by atoms with van der Waals surface area (Å²) in [6, 6.07) is 0.352. The molecular formula is C13H24N4O. The predicted octanol–water partition coefficient (Wildman–Crippen LogP) is 2.16. The van der Waals surface area contributed by atoms with Crippen molar-refractivity contribution in [3.8, 4) is 0 Å². The van der Waals surface area contributed by atoms with Crippen molar-refractivity contribution in [2.75, 3.05) is 24.5 Å². The number of hydrogen-bond acceptors (Lipinski definition) is 5. The molecular weight excluding hydrogens is 228 g/mol. The Kier molecular flexibility index (Phi) is 4.58. The van der Waals surface area contributed by atoms with E-state index in [1.54, 1.807) is 0 Å². The van der Waals surface area contributed by atoms with Crippen LogP contribution in [0.1, 0.15) is 51.8 Å². The zero-order valence-corrected chi connectivity index (χ0v) is 11.6. The molecule has 1 aromatic rings. The summed E-state index contributed by atoms with van der Waals surface area (Å²) >= 11 is 0. The molecule has 2 heterocycles. The Morgan fingerprint density at radius 3 is 2.67 bits per heavy atom. The first kappa shape index (κ1) is 13.3. The van der Waals surface area contributed by atoms with Crippen molar-refractivity contribution < 1.29 is 4.52 Å². The lowest BCUT2D eigenvalue weighted by Gasteiger charge is -2.24. The summed E-state index contributed by atoms with van der Waals surface area (Å²) in [6.45, 7) is 9.45. The first-order chi connectivity index (χ1) is 8.72. The normalized spacial score (nSPS) is 19.8. The molecule has 1 aliphatic heterocycles. The molecule has 1 aromatic heterocycles. The second-order valence-corrected chi connectivity index (χ2v) is 5.12. The van der Waals surface area contributed by atoms with Gasteiger partial charge in [-0.2, -0.15) is 4.98 Å². The van der Waals surface area contributed by atoms with E-state index in [0.29, 0.717) is 6.04 Å². The minimum atomic E-state index is 0.246. The van der Waals surface area contributed by atoms with Gasteiger partial charge < -0.3 is 14.7 Å². The molecule has 0 bridgehead atoms. The van der Waals surface area contributed by atoms with Gasteiger partial charge in [-0.1, -0.05) is 13.8 Å². The monoisotopic (exact) mass is 252 g/mol. The van der Waals surface area contributed by atoms with Gasteiger partial charge in [0.05, 0.1) is 5.92 Å². The van der Waals surface area contributed by atoms with Crippen molar-refractivity contribution in [3.05, 3.63) is 5.89 Å². The lowest BCUT2D eigenvalue weighted by atomic mass is 10.0. The molecule has 102 valence electrons. The van der Waals surface area contributed by atoms with Gasteiger partial charge in [-0.15, -0.1) is 0 Å². The van der Waals surface area contributed by atoms with E-state index in [9.17, 15) is 0 Å². The van der Waals surface area contributed by atoms with Gasteiger partial charge in [0, 0.05) is 19.1 Å². The number of likely N-dealkylation sites (N-methyl/N-ethyl adjacent to an activating group) is 1. The number of nitrogens with zero attached hydrogens (tertiary/aromatic N) is 3. The molecule has 1 aliphatic rings. The molecule has 1 N–H and O–H groups in total. The average Bonchev–Trinajstić information content (AvgIpc) is 2.89. The Bertz CT molecular complexity index is 360. The Balaban J connectivity index is 2.00. The Labute approximate surface area is 109 Å². The van der Waals surface area contributed by atoms with Crippen LogP contribution in [0.25, 0.3) is 0 Å². The van der Waals surface area contributed by atoms with Crippen LogP contribution in [0.3, 0.4) is 0 Å². The number of anilines is 1. The molecule has 2 atom stereocenters. The van der Waals surface area contributed by atoms with Crippen molar-refractivity contribution in [2.45, 2.75) is 52.0 Å². The summed E-state index contributed by atoms with van der Waals surface area (Å²) in [6.07, 6.45) is 3.77. The third kappa shape index (κ3) is 3.02. The molecule has 18 heavy (non-hydrogen) atoms. The van der Waals surface area contributed by atoms with Gasteiger partial charge in [0.1, 0.15) is 0 Å². The Morgan fingerprint density at radius 2 is 2.00 bits per heavy atom. The Hall–Kier alpha value is -1.10. The number of nitrogens with one attached hydrogen (secondary N) is 1. The van der Waals surface area contributed by atoms with Crippen molar-refractivity contribution in [3.63, 3.8) is 0 Å². The van der Waals surface area contributed by atoms with Crippen molar-refractivity contribution in [1.82, 2.24) is 15.5 Å². The van der Waals surface area contributed by atoms with Crippen LogP contribution in [0, 0.1) is 0 Å². The van der Waals surface area contributed by atoms with Crippen LogP contribution in [-0.2, 0) is 0 Å². The summed E-state index contributed by atoms with van der Waals surface area (Å²) in [5.41, 5.74) is 0. The predicted molar refractivity (Wildman–Crippen MR) is 71.9 cm³/mol. The van der Waals surface area contributed by atoms with Crippen molar-refractivity contribution in [1.29, 1.82) is 0 Å². The maximum atomic E-state index is 5.40. The zero-order chi connectivity index (χ0) is 13.0. The molecule has 0 saturated carbocycles. The molecule has 0 spiro atoms. The van der Waals surface area contributed by atoms with Crippen molar-refractivity contribution >= 4 is 5.95 Å². The van der Waals surface area contributed by atoms with Crippen LogP contribution in [0.2, 0.25) is 0 Å². The molecule has 0 amide bonds. The van der Waals surface area contributed by atoms with Gasteiger partial charge in [-0.25, -0.2) is 0 Å². The number of rotatable bonds is 5. The van der Waals surface area contributed by atoms with Crippen LogP contribution in [0.15, 0.2) is 4.52 Å². The summed E-state index contributed by atoms with van der Waals surface area (Å²) < 4.78 is 5.40. The van der Waals surface area contributed by atoms with E-state index < -0.39 is 0 Å². The van der Waals surface area contributed by atoms with Gasteiger partial charge in [-0.05, 0) is 37.9 Å². The molecule has 1 saturated heterocycles. The van der Waals surface area contributed by atoms with Crippen LogP contribution in [-0.4, -0.2) is 35.8 Å². The highest BCUT2D eigenvalue weighted by molar-refractivity contribution is 5.28. The minimum absolute atomic E-state index is 0.246. The number of aromatic nitrogens is 2. The fourth-order valence-corrected chi connectivity index (χ4v) is 2.35. The molecule has 2 unspecified atom stereocenters. The lowest BCUT2D eigenvalue weighted by Crippen LogP contribution is -2.31. The topological polar surface area (TPSA) is 54.2 Å². The van der Waals surface area contributed by atoms with E-state index >= 15 is 0 Å². The molecule has 0 radical (unpaired) electrons. The highest BCUT2D eigenvalue weighted by atomic mass is 16.5. The van der Waals surface area contributed by atoms with Crippen LogP contribution < -0.4 is 10.2 Å². The maximum absolute atomic E-state index is 5.40. The summed E-state index contributed by atoms with van der Waals surface area (Å²) in [5.74, 6) is 1.75. The quantitative estimate of drug-likeness (QED) is 0.870. The third-order valence-electron chi connectivity index (χ3n) is 3.74. The van der Waals surface area contributed by atoms with E-state index in [4.69, 9.17) is 4.52 Å². The van der Waals surface area contributed by atoms with E-state index in [2.05, 4.69) is 41.1 Å². The highest BCUT2D eigenvalue weighted by Crippen LogP contribution is 2.22. The zero-order valence-electron chi connectivity index (χ0n) is 11.6. The summed E-state index contributed by atoms with van der Waals surface area (Å²) in [5, 5.41) is 7.51. The number of hydrogen-bond donors (Lipinski definition) is 1. The molecule has 1 fully saturated rings. The second kappa shape index (κ2) is 6.18. The first-order valence-electron chi connectivity index (χ1n) is 7.04. The SMILES string of the molecule is CCNC(C)C(C)c1nc(N2CCCCC2)no1. The molecule has 5 nitrogen and oxygen atoms in total. The minimum Gasteiger partial charge on any atom is -0.338 e. The average molecular weight is 252 g/mol. The summed E-state index contributed by atoms with van der Waals surface area (Å²) in [4.78, 5) is 6.77. The van der Waals surface area contributed by atoms with Gasteiger partial charge in [0.2, 0.25) is 5.89 Å². The largest absolute Gasteiger partial charge is 0.338 e. The highest BCUT2D eigenvalue weighted by Gasteiger charge is 2.22. The second-order valence-electron chi connectivity index (χ2n) is 5.12. The van der Waals surface area contributed by atoms with E-state index in [1.807, 2.05) is 0 Å². The van der Waals surface area contributed by atoms with E-state index in [1.165, 1.54) is 19.3 Å².